The number of hydrogen-bond acceptors (Lipinski definition) is 7. The molecule has 0 N–H and O–H groups in total. The Morgan fingerprint density at radius 2 is 1.83 bits per heavy atom. The van der Waals surface area contributed by atoms with Crippen LogP contribution in [0.3, 0.4) is 0 Å². The van der Waals surface area contributed by atoms with Gasteiger partial charge in [0.1, 0.15) is 0 Å². The van der Waals surface area contributed by atoms with Crippen LogP contribution in [0.5, 0.6) is 0 Å². The van der Waals surface area contributed by atoms with E-state index in [-0.39, 0.29) is 29.6 Å². The van der Waals surface area contributed by atoms with Gasteiger partial charge < -0.3 is 4.90 Å². The Morgan fingerprint density at radius 1 is 1.17 bits per heavy atom. The molecule has 1 aromatic carbocycles. The smallest absolute Gasteiger partial charge is 0.274 e. The summed E-state index contributed by atoms with van der Waals surface area (Å²) in [6, 6.07) is 3.40. The highest BCUT2D eigenvalue weighted by molar-refractivity contribution is 7.88. The maximum atomic E-state index is 13.5. The molecule has 3 unspecified atom stereocenters. The van der Waals surface area contributed by atoms with Crippen LogP contribution in [0.25, 0.3) is 0 Å². The second kappa shape index (κ2) is 10.4. The van der Waals surface area contributed by atoms with Crippen molar-refractivity contribution in [1.82, 2.24) is 14.1 Å². The van der Waals surface area contributed by atoms with Crippen LogP contribution in [0.2, 0.25) is 0 Å². The fraction of sp³-hybridized carbons (Fsp3) is 0.652. The van der Waals surface area contributed by atoms with Crippen molar-refractivity contribution >= 4 is 39.9 Å². The topological polar surface area (TPSA) is 121 Å². The second-order valence-electron chi connectivity index (χ2n) is 9.95. The maximum Gasteiger partial charge on any atom is 0.274 e. The third-order valence-corrected chi connectivity index (χ3v) is 8.46. The van der Waals surface area contributed by atoms with Crippen LogP contribution in [0.1, 0.15) is 55.5 Å². The van der Waals surface area contributed by atoms with E-state index in [2.05, 4.69) is 4.90 Å². The summed E-state index contributed by atoms with van der Waals surface area (Å²) in [7, 11) is -3.77. The lowest BCUT2D eigenvalue weighted by molar-refractivity contribution is -0.385. The molecule has 35 heavy (non-hydrogen) atoms. The minimum atomic E-state index is -3.77. The molecule has 2 amide bonds. The van der Waals surface area contributed by atoms with Gasteiger partial charge in [0.2, 0.25) is 15.9 Å². The minimum absolute atomic E-state index is 0. The standard InChI is InChI=1S/C23H32N4O6S.ClH/c1-15(2)20-21-18(26(23(20)29)34(3,32)33)9-12-25(21)22(28)16-7-8-17(19(13-16)27(30)31)14-24-10-5-4-6-11-24;/h7-8,13,15,18,20-21H,4-6,9-12,14H2,1-3H3;1H. The van der Waals surface area contributed by atoms with E-state index in [9.17, 15) is 28.1 Å². The number of nitro groups is 1. The molecule has 3 atom stereocenters. The zero-order valence-electron chi connectivity index (χ0n) is 20.3. The molecule has 194 valence electrons. The summed E-state index contributed by atoms with van der Waals surface area (Å²) in [5, 5.41) is 11.8. The number of amides is 2. The lowest BCUT2D eigenvalue weighted by Gasteiger charge is -2.29. The van der Waals surface area contributed by atoms with Crippen LogP contribution in [-0.2, 0) is 21.4 Å². The molecule has 3 aliphatic rings. The highest BCUT2D eigenvalue weighted by Gasteiger charge is 2.58. The molecule has 3 fully saturated rings. The monoisotopic (exact) mass is 528 g/mol. The first-order valence-electron chi connectivity index (χ1n) is 11.8. The predicted octanol–water partition coefficient (Wildman–Crippen LogP) is 2.66. The average molecular weight is 529 g/mol. The van der Waals surface area contributed by atoms with Crippen LogP contribution in [0, 0.1) is 22.0 Å². The van der Waals surface area contributed by atoms with Crippen LogP contribution < -0.4 is 0 Å². The lowest BCUT2D eigenvalue weighted by atomic mass is 9.88. The number of carbonyl (C=O) groups is 2. The first kappa shape index (κ1) is 27.3. The van der Waals surface area contributed by atoms with E-state index in [4.69, 9.17) is 0 Å². The van der Waals surface area contributed by atoms with Gasteiger partial charge in [-0.05, 0) is 44.3 Å². The van der Waals surface area contributed by atoms with Crippen LogP contribution in [0.4, 0.5) is 5.69 Å². The van der Waals surface area contributed by atoms with Crippen LogP contribution in [0.15, 0.2) is 18.2 Å². The normalized spacial score (nSPS) is 25.0. The number of carbonyl (C=O) groups excluding carboxylic acids is 2. The predicted molar refractivity (Wildman–Crippen MR) is 133 cm³/mol. The Hall–Kier alpha value is -2.24. The van der Waals surface area contributed by atoms with Crippen LogP contribution >= 0.6 is 12.4 Å². The summed E-state index contributed by atoms with van der Waals surface area (Å²) in [6.07, 6.45) is 4.68. The van der Waals surface area contributed by atoms with Crippen molar-refractivity contribution < 1.29 is 22.9 Å². The molecule has 0 aromatic heterocycles. The number of nitrogens with zero attached hydrogens (tertiary/aromatic N) is 4. The van der Waals surface area contributed by atoms with E-state index >= 15 is 0 Å². The average Bonchev–Trinajstić information content (AvgIpc) is 3.29. The van der Waals surface area contributed by atoms with E-state index in [1.165, 1.54) is 12.5 Å². The third kappa shape index (κ3) is 5.17. The van der Waals surface area contributed by atoms with E-state index in [1.54, 1.807) is 17.0 Å². The molecule has 0 aliphatic carbocycles. The number of likely N-dealkylation sites (tertiary alicyclic amines) is 2. The molecule has 12 heteroatoms. The Bertz CT molecular complexity index is 1110. The first-order valence-corrected chi connectivity index (χ1v) is 13.7. The highest BCUT2D eigenvalue weighted by Crippen LogP contribution is 2.42. The molecular weight excluding hydrogens is 496 g/mol. The second-order valence-corrected chi connectivity index (χ2v) is 11.8. The van der Waals surface area contributed by atoms with Gasteiger partial charge in [0.05, 0.1) is 29.2 Å². The third-order valence-electron chi connectivity index (χ3n) is 7.30. The number of sulfonamides is 1. The number of fused-ring (bicyclic) bond motifs is 1. The van der Waals surface area contributed by atoms with Gasteiger partial charge in [-0.1, -0.05) is 26.3 Å². The van der Waals surface area contributed by atoms with Gasteiger partial charge in [-0.25, -0.2) is 12.7 Å². The van der Waals surface area contributed by atoms with Crippen molar-refractivity contribution in [1.29, 1.82) is 0 Å². The molecule has 1 aromatic rings. The van der Waals surface area contributed by atoms with E-state index < -0.39 is 44.8 Å². The molecular formula is C23H33ClN4O6S. The molecule has 4 rings (SSSR count). The summed E-state index contributed by atoms with van der Waals surface area (Å²) >= 11 is 0. The highest BCUT2D eigenvalue weighted by atomic mass is 35.5. The molecule has 0 radical (unpaired) electrons. The largest absolute Gasteiger partial charge is 0.333 e. The zero-order valence-corrected chi connectivity index (χ0v) is 21.9. The van der Waals surface area contributed by atoms with Crippen molar-refractivity contribution in [2.45, 2.75) is 58.2 Å². The fourth-order valence-electron chi connectivity index (χ4n) is 5.80. The number of piperidine rings is 1. The molecule has 0 bridgehead atoms. The Balaban J connectivity index is 0.00000342. The van der Waals surface area contributed by atoms with Gasteiger partial charge in [0, 0.05) is 30.3 Å². The molecule has 0 saturated carbocycles. The minimum Gasteiger partial charge on any atom is -0.333 e. The van der Waals surface area contributed by atoms with E-state index in [0.717, 1.165) is 36.5 Å². The van der Waals surface area contributed by atoms with Gasteiger partial charge in [0.25, 0.3) is 11.6 Å². The fourth-order valence-corrected chi connectivity index (χ4v) is 6.97. The lowest BCUT2D eigenvalue weighted by Crippen LogP contribution is -2.44. The molecule has 0 spiro atoms. The van der Waals surface area contributed by atoms with Crippen LogP contribution in [-0.4, -0.2) is 77.2 Å². The SMILES string of the molecule is CC(C)C1C(=O)N(S(C)(=O)=O)C2CCN(C(=O)c3ccc(CN4CCCCC4)c([N+](=O)[O-])c3)C12.Cl. The Labute approximate surface area is 212 Å². The summed E-state index contributed by atoms with van der Waals surface area (Å²) in [5.74, 6) is -1.69. The Morgan fingerprint density at radius 3 is 2.40 bits per heavy atom. The van der Waals surface area contributed by atoms with Crippen molar-refractivity contribution in [3.63, 3.8) is 0 Å². The van der Waals surface area contributed by atoms with Gasteiger partial charge in [-0.2, -0.15) is 0 Å². The number of hydrogen-bond donors (Lipinski definition) is 0. The summed E-state index contributed by atoms with van der Waals surface area (Å²) < 4.78 is 25.6. The zero-order chi connectivity index (χ0) is 24.8. The Kier molecular flexibility index (Phi) is 8.12. The molecule has 3 heterocycles. The first-order chi connectivity index (χ1) is 16.0. The molecule has 3 saturated heterocycles. The summed E-state index contributed by atoms with van der Waals surface area (Å²) in [5.41, 5.74) is 0.664. The number of benzene rings is 1. The van der Waals surface area contributed by atoms with Gasteiger partial charge in [-0.15, -0.1) is 12.4 Å². The summed E-state index contributed by atoms with van der Waals surface area (Å²) in [4.78, 5) is 41.6. The van der Waals surface area contributed by atoms with Gasteiger partial charge in [0.15, 0.2) is 0 Å². The number of halogens is 1. The molecule has 3 aliphatic heterocycles. The quantitative estimate of drug-likeness (QED) is 0.411. The van der Waals surface area contributed by atoms with Gasteiger partial charge in [-0.3, -0.25) is 24.6 Å². The molecule has 10 nitrogen and oxygen atoms in total. The van der Waals surface area contributed by atoms with Crippen molar-refractivity contribution in [2.75, 3.05) is 25.9 Å². The van der Waals surface area contributed by atoms with Crippen molar-refractivity contribution in [3.8, 4) is 0 Å². The summed E-state index contributed by atoms with van der Waals surface area (Å²) in [6.45, 7) is 6.23. The van der Waals surface area contributed by atoms with Crippen molar-refractivity contribution in [2.24, 2.45) is 11.8 Å². The van der Waals surface area contributed by atoms with E-state index in [0.29, 0.717) is 25.1 Å². The number of rotatable bonds is 6. The van der Waals surface area contributed by atoms with E-state index in [1.807, 2.05) is 13.8 Å². The van der Waals surface area contributed by atoms with Gasteiger partial charge >= 0.3 is 0 Å². The maximum absolute atomic E-state index is 13.5. The number of nitro benzene ring substituents is 1. The van der Waals surface area contributed by atoms with Crippen molar-refractivity contribution in [3.05, 3.63) is 39.4 Å².